The molecule has 1 aliphatic carbocycles. The van der Waals surface area contributed by atoms with Gasteiger partial charge in [-0.3, -0.25) is 9.59 Å². The SMILES string of the molecule is CC(=O)c1ccccc1NCC(=O)C1C=CC=C1. The Kier molecular flexibility index (Phi) is 3.72. The minimum Gasteiger partial charge on any atom is -0.377 e. The van der Waals surface area contributed by atoms with Crippen molar-refractivity contribution in [3.05, 3.63) is 54.1 Å². The van der Waals surface area contributed by atoms with Crippen LogP contribution in [0, 0.1) is 5.92 Å². The average molecular weight is 241 g/mol. The molecule has 1 aromatic carbocycles. The van der Waals surface area contributed by atoms with Crippen LogP contribution in [-0.2, 0) is 4.79 Å². The van der Waals surface area contributed by atoms with Crippen LogP contribution in [0.5, 0.6) is 0 Å². The summed E-state index contributed by atoms with van der Waals surface area (Å²) < 4.78 is 0. The van der Waals surface area contributed by atoms with Crippen molar-refractivity contribution < 1.29 is 9.59 Å². The van der Waals surface area contributed by atoms with Crippen LogP contribution in [0.15, 0.2) is 48.6 Å². The van der Waals surface area contributed by atoms with Gasteiger partial charge in [-0.1, -0.05) is 36.4 Å². The van der Waals surface area contributed by atoms with Gasteiger partial charge < -0.3 is 5.32 Å². The number of ketones is 2. The van der Waals surface area contributed by atoms with Crippen molar-refractivity contribution >= 4 is 17.3 Å². The summed E-state index contributed by atoms with van der Waals surface area (Å²) in [4.78, 5) is 23.3. The van der Waals surface area contributed by atoms with Crippen molar-refractivity contribution in [2.24, 2.45) is 5.92 Å². The zero-order valence-electron chi connectivity index (χ0n) is 10.2. The quantitative estimate of drug-likeness (QED) is 0.806. The Bertz CT molecular complexity index is 517. The highest BCUT2D eigenvalue weighted by atomic mass is 16.1. The van der Waals surface area contributed by atoms with E-state index in [2.05, 4.69) is 5.32 Å². The fourth-order valence-corrected chi connectivity index (χ4v) is 1.89. The Morgan fingerprint density at radius 1 is 1.17 bits per heavy atom. The largest absolute Gasteiger partial charge is 0.377 e. The maximum absolute atomic E-state index is 11.8. The first-order valence-electron chi connectivity index (χ1n) is 5.90. The summed E-state index contributed by atoms with van der Waals surface area (Å²) in [5, 5.41) is 3.03. The molecule has 0 saturated heterocycles. The smallest absolute Gasteiger partial charge is 0.162 e. The standard InChI is InChI=1S/C15H15NO2/c1-11(17)13-8-4-5-9-14(13)16-10-15(18)12-6-2-3-7-12/h2-9,12,16H,10H2,1H3. The molecule has 0 saturated carbocycles. The van der Waals surface area contributed by atoms with Gasteiger partial charge >= 0.3 is 0 Å². The molecule has 18 heavy (non-hydrogen) atoms. The molecule has 0 fully saturated rings. The van der Waals surface area contributed by atoms with Gasteiger partial charge in [0.05, 0.1) is 12.5 Å². The molecule has 0 spiro atoms. The number of Topliss-reactive ketones (excluding diaryl/α,β-unsaturated/α-hetero) is 2. The first kappa shape index (κ1) is 12.3. The van der Waals surface area contributed by atoms with Crippen molar-refractivity contribution in [2.45, 2.75) is 6.92 Å². The predicted molar refractivity (Wildman–Crippen MR) is 71.7 cm³/mol. The molecular weight excluding hydrogens is 226 g/mol. The van der Waals surface area contributed by atoms with E-state index in [1.165, 1.54) is 6.92 Å². The Labute approximate surface area is 106 Å². The lowest BCUT2D eigenvalue weighted by Gasteiger charge is -2.10. The lowest BCUT2D eigenvalue weighted by atomic mass is 10.1. The van der Waals surface area contributed by atoms with Crippen LogP contribution in [0.1, 0.15) is 17.3 Å². The van der Waals surface area contributed by atoms with Gasteiger partial charge in [0, 0.05) is 11.3 Å². The van der Waals surface area contributed by atoms with E-state index in [9.17, 15) is 9.59 Å². The molecule has 3 nitrogen and oxygen atoms in total. The van der Waals surface area contributed by atoms with Gasteiger partial charge in [-0.2, -0.15) is 0 Å². The first-order valence-corrected chi connectivity index (χ1v) is 5.90. The Hall–Kier alpha value is -2.16. The lowest BCUT2D eigenvalue weighted by molar-refractivity contribution is -0.118. The van der Waals surface area contributed by atoms with Gasteiger partial charge in [0.1, 0.15) is 0 Å². The fraction of sp³-hybridized carbons (Fsp3) is 0.200. The third-order valence-electron chi connectivity index (χ3n) is 2.88. The number of nitrogens with one attached hydrogen (secondary N) is 1. The molecule has 0 unspecified atom stereocenters. The normalized spacial score (nSPS) is 13.8. The molecule has 0 bridgehead atoms. The maximum atomic E-state index is 11.8. The molecule has 0 atom stereocenters. The van der Waals surface area contributed by atoms with E-state index in [4.69, 9.17) is 0 Å². The zero-order chi connectivity index (χ0) is 13.0. The number of hydrogen-bond donors (Lipinski definition) is 1. The van der Waals surface area contributed by atoms with Crippen LogP contribution in [0.25, 0.3) is 0 Å². The van der Waals surface area contributed by atoms with Crippen LogP contribution < -0.4 is 5.32 Å². The highest BCUT2D eigenvalue weighted by molar-refractivity contribution is 6.00. The molecule has 92 valence electrons. The second kappa shape index (κ2) is 5.45. The zero-order valence-corrected chi connectivity index (χ0v) is 10.2. The summed E-state index contributed by atoms with van der Waals surface area (Å²) >= 11 is 0. The fourth-order valence-electron chi connectivity index (χ4n) is 1.89. The summed E-state index contributed by atoms with van der Waals surface area (Å²) in [5.74, 6) is -0.0495. The number of para-hydroxylation sites is 1. The van der Waals surface area contributed by atoms with E-state index >= 15 is 0 Å². The van der Waals surface area contributed by atoms with Gasteiger partial charge in [-0.05, 0) is 19.1 Å². The third-order valence-corrected chi connectivity index (χ3v) is 2.88. The van der Waals surface area contributed by atoms with Gasteiger partial charge in [0.25, 0.3) is 0 Å². The molecule has 1 aromatic rings. The molecule has 0 aromatic heterocycles. The lowest BCUT2D eigenvalue weighted by Crippen LogP contribution is -2.20. The summed E-state index contributed by atoms with van der Waals surface area (Å²) in [6.07, 6.45) is 7.46. The van der Waals surface area contributed by atoms with Crippen LogP contribution in [-0.4, -0.2) is 18.1 Å². The number of rotatable bonds is 5. The van der Waals surface area contributed by atoms with Crippen molar-refractivity contribution in [3.63, 3.8) is 0 Å². The van der Waals surface area contributed by atoms with Crippen LogP contribution in [0.3, 0.4) is 0 Å². The van der Waals surface area contributed by atoms with Gasteiger partial charge in [0.2, 0.25) is 0 Å². The number of benzene rings is 1. The molecule has 0 amide bonds. The molecule has 1 aliphatic rings. The molecular formula is C15H15NO2. The third kappa shape index (κ3) is 2.74. The minimum absolute atomic E-state index is 0.00814. The number of carbonyl (C=O) groups excluding carboxylic acids is 2. The Balaban J connectivity index is 2.02. The molecule has 2 rings (SSSR count). The van der Waals surface area contributed by atoms with E-state index in [-0.39, 0.29) is 24.0 Å². The second-order valence-corrected chi connectivity index (χ2v) is 4.22. The maximum Gasteiger partial charge on any atom is 0.162 e. The summed E-state index contributed by atoms with van der Waals surface area (Å²) in [5.41, 5.74) is 1.33. The van der Waals surface area contributed by atoms with Crippen LogP contribution in [0.4, 0.5) is 5.69 Å². The molecule has 3 heteroatoms. The highest BCUT2D eigenvalue weighted by Crippen LogP contribution is 2.16. The van der Waals surface area contributed by atoms with Crippen molar-refractivity contribution in [2.75, 3.05) is 11.9 Å². The second-order valence-electron chi connectivity index (χ2n) is 4.22. The first-order chi connectivity index (χ1) is 8.68. The van der Waals surface area contributed by atoms with Gasteiger partial charge in [-0.25, -0.2) is 0 Å². The van der Waals surface area contributed by atoms with Crippen LogP contribution in [0.2, 0.25) is 0 Å². The predicted octanol–water partition coefficient (Wildman–Crippen LogP) is 2.61. The Morgan fingerprint density at radius 3 is 2.50 bits per heavy atom. The summed E-state index contributed by atoms with van der Waals surface area (Å²) in [7, 11) is 0. The number of anilines is 1. The van der Waals surface area contributed by atoms with E-state index in [0.717, 1.165) is 0 Å². The minimum atomic E-state index is -0.137. The van der Waals surface area contributed by atoms with E-state index in [1.54, 1.807) is 6.07 Å². The summed E-state index contributed by atoms with van der Waals surface area (Å²) in [6, 6.07) is 7.22. The molecule has 1 N–H and O–H groups in total. The topological polar surface area (TPSA) is 46.2 Å². The highest BCUT2D eigenvalue weighted by Gasteiger charge is 2.14. The Morgan fingerprint density at radius 2 is 1.83 bits per heavy atom. The van der Waals surface area contributed by atoms with Crippen molar-refractivity contribution in [3.8, 4) is 0 Å². The summed E-state index contributed by atoms with van der Waals surface area (Å²) in [6.45, 7) is 1.74. The molecule has 0 aliphatic heterocycles. The monoisotopic (exact) mass is 241 g/mol. The van der Waals surface area contributed by atoms with Gasteiger partial charge in [0.15, 0.2) is 11.6 Å². The average Bonchev–Trinajstić information content (AvgIpc) is 2.90. The molecule has 0 heterocycles. The van der Waals surface area contributed by atoms with E-state index < -0.39 is 0 Å². The number of allylic oxidation sites excluding steroid dienone is 4. The molecule has 0 radical (unpaired) electrons. The van der Waals surface area contributed by atoms with Crippen molar-refractivity contribution in [1.29, 1.82) is 0 Å². The van der Waals surface area contributed by atoms with E-state index in [1.807, 2.05) is 42.5 Å². The van der Waals surface area contributed by atoms with Crippen LogP contribution >= 0.6 is 0 Å². The number of carbonyl (C=O) groups is 2. The van der Waals surface area contributed by atoms with Crippen molar-refractivity contribution in [1.82, 2.24) is 0 Å². The van der Waals surface area contributed by atoms with Gasteiger partial charge in [-0.15, -0.1) is 0 Å². The van der Waals surface area contributed by atoms with E-state index in [0.29, 0.717) is 11.3 Å². The number of hydrogen-bond acceptors (Lipinski definition) is 3.